The third-order valence-electron chi connectivity index (χ3n) is 3.09. The molecule has 23 heavy (non-hydrogen) atoms. The standard InChI is InChI=1S/C14H13FN2O5S/c1-8-6-10(15)7-9(2)13(8)22-14-11(17(18)19)4-3-5-12(14)23(16,20)21/h3-7H,1-2H3,(H2,16,20,21). The Balaban J connectivity index is 2.71. The fraction of sp³-hybridized carbons (Fsp3) is 0.143. The summed E-state index contributed by atoms with van der Waals surface area (Å²) in [4.78, 5) is 9.85. The number of primary sulfonamides is 1. The molecule has 2 N–H and O–H groups in total. The van der Waals surface area contributed by atoms with Gasteiger partial charge >= 0.3 is 5.69 Å². The molecule has 0 saturated carbocycles. The molecule has 2 aromatic rings. The van der Waals surface area contributed by atoms with Crippen molar-refractivity contribution in [2.45, 2.75) is 18.7 Å². The summed E-state index contributed by atoms with van der Waals surface area (Å²) < 4.78 is 42.1. The Labute approximate surface area is 131 Å². The maximum Gasteiger partial charge on any atom is 0.313 e. The number of hydrogen-bond acceptors (Lipinski definition) is 5. The smallest absolute Gasteiger partial charge is 0.313 e. The summed E-state index contributed by atoms with van der Waals surface area (Å²) in [5, 5.41) is 16.2. The maximum absolute atomic E-state index is 13.3. The molecular weight excluding hydrogens is 327 g/mol. The van der Waals surface area contributed by atoms with Crippen molar-refractivity contribution in [3.05, 3.63) is 57.4 Å². The first-order chi connectivity index (χ1) is 10.6. The lowest BCUT2D eigenvalue weighted by atomic mass is 10.1. The highest BCUT2D eigenvalue weighted by Crippen LogP contribution is 2.39. The van der Waals surface area contributed by atoms with Crippen LogP contribution in [-0.2, 0) is 10.0 Å². The van der Waals surface area contributed by atoms with Crippen LogP contribution in [0.3, 0.4) is 0 Å². The van der Waals surface area contributed by atoms with Gasteiger partial charge in [-0.25, -0.2) is 17.9 Å². The molecule has 122 valence electrons. The van der Waals surface area contributed by atoms with Crippen molar-refractivity contribution in [1.82, 2.24) is 0 Å². The van der Waals surface area contributed by atoms with Gasteiger partial charge in [0.2, 0.25) is 15.8 Å². The van der Waals surface area contributed by atoms with Gasteiger partial charge in [-0.3, -0.25) is 10.1 Å². The van der Waals surface area contributed by atoms with E-state index in [1.807, 2.05) is 0 Å². The molecule has 0 bridgehead atoms. The van der Waals surface area contributed by atoms with Gasteiger partial charge in [0.1, 0.15) is 16.5 Å². The third kappa shape index (κ3) is 3.46. The lowest BCUT2D eigenvalue weighted by Crippen LogP contribution is -2.14. The van der Waals surface area contributed by atoms with Gasteiger partial charge in [-0.05, 0) is 43.2 Å². The fourth-order valence-electron chi connectivity index (χ4n) is 2.14. The minimum absolute atomic E-state index is 0.130. The SMILES string of the molecule is Cc1cc(F)cc(C)c1Oc1c([N+](=O)[O-])cccc1S(N)(=O)=O. The summed E-state index contributed by atoms with van der Waals surface area (Å²) in [6, 6.07) is 5.74. The summed E-state index contributed by atoms with van der Waals surface area (Å²) in [5.74, 6) is -0.870. The number of nitro groups is 1. The monoisotopic (exact) mass is 340 g/mol. The van der Waals surface area contributed by atoms with Gasteiger partial charge in [-0.2, -0.15) is 0 Å². The highest BCUT2D eigenvalue weighted by atomic mass is 32.2. The Bertz CT molecular complexity index is 873. The molecule has 0 aliphatic heterocycles. The van der Waals surface area contributed by atoms with Crippen molar-refractivity contribution < 1.29 is 22.5 Å². The Hall–Kier alpha value is -2.52. The van der Waals surface area contributed by atoms with Crippen LogP contribution in [0, 0.1) is 29.8 Å². The van der Waals surface area contributed by atoms with E-state index in [1.54, 1.807) is 0 Å². The summed E-state index contributed by atoms with van der Waals surface area (Å²) in [6.07, 6.45) is 0. The first-order valence-electron chi connectivity index (χ1n) is 6.36. The Kier molecular flexibility index (Phi) is 4.35. The number of para-hydroxylation sites is 1. The second-order valence-electron chi connectivity index (χ2n) is 4.88. The number of rotatable bonds is 4. The fourth-order valence-corrected chi connectivity index (χ4v) is 2.81. The zero-order valence-electron chi connectivity index (χ0n) is 12.2. The van der Waals surface area contributed by atoms with Crippen molar-refractivity contribution in [3.8, 4) is 11.5 Å². The van der Waals surface area contributed by atoms with E-state index in [0.717, 1.165) is 12.1 Å². The van der Waals surface area contributed by atoms with E-state index in [1.165, 1.54) is 32.0 Å². The molecule has 0 unspecified atom stereocenters. The number of hydrogen-bond donors (Lipinski definition) is 1. The lowest BCUT2D eigenvalue weighted by Gasteiger charge is -2.14. The lowest BCUT2D eigenvalue weighted by molar-refractivity contribution is -0.385. The molecule has 0 spiro atoms. The van der Waals surface area contributed by atoms with Gasteiger partial charge < -0.3 is 4.74 Å². The molecule has 9 heteroatoms. The van der Waals surface area contributed by atoms with E-state index < -0.39 is 37.1 Å². The van der Waals surface area contributed by atoms with Gasteiger partial charge in [-0.15, -0.1) is 0 Å². The van der Waals surface area contributed by atoms with E-state index in [2.05, 4.69) is 0 Å². The molecule has 0 saturated heterocycles. The summed E-state index contributed by atoms with van der Waals surface area (Å²) >= 11 is 0. The molecule has 0 heterocycles. The predicted octanol–water partition coefficient (Wildman–Crippen LogP) is 2.79. The topological polar surface area (TPSA) is 113 Å². The average molecular weight is 340 g/mol. The van der Waals surface area contributed by atoms with Crippen molar-refractivity contribution in [2.24, 2.45) is 5.14 Å². The molecule has 7 nitrogen and oxygen atoms in total. The van der Waals surface area contributed by atoms with Crippen molar-refractivity contribution in [1.29, 1.82) is 0 Å². The first kappa shape index (κ1) is 16.8. The molecular formula is C14H13FN2O5S. The molecule has 0 aliphatic rings. The number of halogens is 1. The summed E-state index contributed by atoms with van der Waals surface area (Å²) in [6.45, 7) is 3.08. The van der Waals surface area contributed by atoms with Gasteiger partial charge in [0.25, 0.3) is 0 Å². The largest absolute Gasteiger partial charge is 0.448 e. The van der Waals surface area contributed by atoms with Crippen LogP contribution in [0.25, 0.3) is 0 Å². The van der Waals surface area contributed by atoms with Crippen molar-refractivity contribution in [3.63, 3.8) is 0 Å². The van der Waals surface area contributed by atoms with Crippen molar-refractivity contribution >= 4 is 15.7 Å². The maximum atomic E-state index is 13.3. The highest BCUT2D eigenvalue weighted by Gasteiger charge is 2.26. The first-order valence-corrected chi connectivity index (χ1v) is 7.90. The van der Waals surface area contributed by atoms with Crippen molar-refractivity contribution in [2.75, 3.05) is 0 Å². The number of nitrogens with two attached hydrogens (primary N) is 1. The molecule has 0 aromatic heterocycles. The minimum atomic E-state index is -4.25. The normalized spacial score (nSPS) is 11.3. The molecule has 0 fully saturated rings. The second kappa shape index (κ2) is 5.94. The van der Waals surface area contributed by atoms with Crippen LogP contribution < -0.4 is 9.88 Å². The van der Waals surface area contributed by atoms with E-state index >= 15 is 0 Å². The van der Waals surface area contributed by atoms with Crippen LogP contribution in [0.15, 0.2) is 35.2 Å². The highest BCUT2D eigenvalue weighted by molar-refractivity contribution is 7.89. The third-order valence-corrected chi connectivity index (χ3v) is 4.03. The Morgan fingerprint density at radius 3 is 2.22 bits per heavy atom. The zero-order valence-corrected chi connectivity index (χ0v) is 13.1. The molecule has 0 amide bonds. The summed E-state index contributed by atoms with van der Waals surface area (Å²) in [7, 11) is -4.25. The van der Waals surface area contributed by atoms with Gasteiger partial charge in [0.05, 0.1) is 4.92 Å². The van der Waals surface area contributed by atoms with E-state index in [0.29, 0.717) is 11.1 Å². The zero-order chi connectivity index (χ0) is 17.4. The Morgan fingerprint density at radius 1 is 1.17 bits per heavy atom. The van der Waals surface area contributed by atoms with Gasteiger partial charge in [0, 0.05) is 6.07 Å². The molecule has 0 aliphatic carbocycles. The molecule has 2 aromatic carbocycles. The van der Waals surface area contributed by atoms with Crippen LogP contribution in [0.4, 0.5) is 10.1 Å². The van der Waals surface area contributed by atoms with E-state index in [9.17, 15) is 22.9 Å². The number of benzene rings is 2. The van der Waals surface area contributed by atoms with Crippen LogP contribution in [0.2, 0.25) is 0 Å². The molecule has 0 atom stereocenters. The molecule has 2 rings (SSSR count). The number of nitro benzene ring substituents is 1. The van der Waals surface area contributed by atoms with E-state index in [4.69, 9.17) is 9.88 Å². The average Bonchev–Trinajstić information content (AvgIpc) is 2.41. The Morgan fingerprint density at radius 2 is 1.74 bits per heavy atom. The van der Waals surface area contributed by atoms with Gasteiger partial charge in [0.15, 0.2) is 0 Å². The summed E-state index contributed by atoms with van der Waals surface area (Å²) in [5.41, 5.74) is 0.168. The van der Waals surface area contributed by atoms with Crippen LogP contribution >= 0.6 is 0 Å². The van der Waals surface area contributed by atoms with Crippen LogP contribution in [0.5, 0.6) is 11.5 Å². The van der Waals surface area contributed by atoms with Gasteiger partial charge in [-0.1, -0.05) is 6.07 Å². The minimum Gasteiger partial charge on any atom is -0.448 e. The second-order valence-corrected chi connectivity index (χ2v) is 6.41. The number of sulfonamides is 1. The number of aryl methyl sites for hydroxylation is 2. The van der Waals surface area contributed by atoms with Crippen LogP contribution in [0.1, 0.15) is 11.1 Å². The number of nitrogens with zero attached hydrogens (tertiary/aromatic N) is 1. The quantitative estimate of drug-likeness (QED) is 0.679. The predicted molar refractivity (Wildman–Crippen MR) is 80.4 cm³/mol. The van der Waals surface area contributed by atoms with Crippen LogP contribution in [-0.4, -0.2) is 13.3 Å². The molecule has 0 radical (unpaired) electrons. The van der Waals surface area contributed by atoms with E-state index in [-0.39, 0.29) is 5.75 Å². The number of ether oxygens (including phenoxy) is 1.